The highest BCUT2D eigenvalue weighted by Crippen LogP contribution is 2.32. The van der Waals surface area contributed by atoms with Crippen LogP contribution < -0.4 is 19.9 Å². The average molecular weight is 622 g/mol. The minimum Gasteiger partial charge on any atom is -0.489 e. The first-order chi connectivity index (χ1) is 20.9. The number of ether oxygens (including phenoxy) is 1. The predicted octanol–water partition coefficient (Wildman–Crippen LogP) is 3.50. The Morgan fingerprint density at radius 2 is 1.77 bits per heavy atom. The fourth-order valence-corrected chi connectivity index (χ4v) is 5.78. The number of anilines is 2. The normalized spacial score (nSPS) is 17.3. The first-order valence-electron chi connectivity index (χ1n) is 13.9. The molecular weight excluding hydrogens is 591 g/mol. The zero-order valence-electron chi connectivity index (χ0n) is 23.5. The maximum Gasteiger partial charge on any atom is 0.291 e. The summed E-state index contributed by atoms with van der Waals surface area (Å²) >= 11 is 12.5. The third-order valence-corrected chi connectivity index (χ3v) is 8.36. The Morgan fingerprint density at radius 1 is 1.02 bits per heavy atom. The molecule has 1 atom stereocenters. The van der Waals surface area contributed by atoms with Crippen LogP contribution in [0.25, 0.3) is 0 Å². The van der Waals surface area contributed by atoms with Crippen molar-refractivity contribution in [1.29, 1.82) is 0 Å². The van der Waals surface area contributed by atoms with Crippen LogP contribution in [-0.4, -0.2) is 82.3 Å². The molecule has 1 fully saturated rings. The molecule has 0 spiro atoms. The molecule has 2 aliphatic rings. The largest absolute Gasteiger partial charge is 0.489 e. The monoisotopic (exact) mass is 620 g/mol. The van der Waals surface area contributed by atoms with Crippen molar-refractivity contribution in [2.24, 2.45) is 0 Å². The highest BCUT2D eigenvalue weighted by atomic mass is 35.5. The van der Waals surface area contributed by atoms with Gasteiger partial charge in [-0.05, 0) is 42.0 Å². The molecule has 6 rings (SSSR count). The summed E-state index contributed by atoms with van der Waals surface area (Å²) < 4.78 is 7.45. The van der Waals surface area contributed by atoms with Crippen LogP contribution in [0.2, 0.25) is 10.0 Å². The number of halogens is 2. The van der Waals surface area contributed by atoms with Gasteiger partial charge in [-0.2, -0.15) is 0 Å². The van der Waals surface area contributed by atoms with Gasteiger partial charge in [-0.3, -0.25) is 19.5 Å². The van der Waals surface area contributed by atoms with Crippen LogP contribution >= 0.6 is 23.2 Å². The van der Waals surface area contributed by atoms with Gasteiger partial charge in [0.15, 0.2) is 0 Å². The highest BCUT2D eigenvalue weighted by Gasteiger charge is 2.32. The summed E-state index contributed by atoms with van der Waals surface area (Å²) in [5.41, 5.74) is 3.59. The van der Waals surface area contributed by atoms with Crippen LogP contribution in [0, 0.1) is 0 Å². The lowest BCUT2D eigenvalue weighted by Gasteiger charge is -2.36. The third-order valence-electron chi connectivity index (χ3n) is 7.65. The molecule has 0 unspecified atom stereocenters. The van der Waals surface area contributed by atoms with Crippen molar-refractivity contribution in [3.8, 4) is 5.75 Å². The maximum atomic E-state index is 13.4. The lowest BCUT2D eigenvalue weighted by atomic mass is 10.1. The predicted molar refractivity (Wildman–Crippen MR) is 164 cm³/mol. The van der Waals surface area contributed by atoms with E-state index < -0.39 is 11.9 Å². The number of likely N-dealkylation sites (N-methyl/N-ethyl adjacent to an activating group) is 1. The molecule has 2 aromatic carbocycles. The van der Waals surface area contributed by atoms with E-state index in [9.17, 15) is 9.59 Å². The van der Waals surface area contributed by atoms with E-state index >= 15 is 0 Å². The summed E-state index contributed by atoms with van der Waals surface area (Å²) in [6, 6.07) is 14.3. The van der Waals surface area contributed by atoms with Crippen molar-refractivity contribution in [2.45, 2.75) is 19.1 Å². The fraction of sp³-hybridized carbons (Fsp3) is 0.300. The van der Waals surface area contributed by atoms with Crippen LogP contribution in [-0.2, 0) is 17.9 Å². The molecule has 2 amide bonds. The van der Waals surface area contributed by atoms with Crippen LogP contribution in [0.1, 0.15) is 21.7 Å². The highest BCUT2D eigenvalue weighted by molar-refractivity contribution is 6.36. The summed E-state index contributed by atoms with van der Waals surface area (Å²) in [5.74, 6) is -0.376. The van der Waals surface area contributed by atoms with Gasteiger partial charge in [-0.1, -0.05) is 35.3 Å². The Morgan fingerprint density at radius 3 is 2.51 bits per heavy atom. The van der Waals surface area contributed by atoms with Crippen LogP contribution in [0.3, 0.4) is 0 Å². The number of amides is 2. The number of hydrogen-bond acceptors (Lipinski definition) is 8. The van der Waals surface area contributed by atoms with Gasteiger partial charge in [0.25, 0.3) is 11.8 Å². The molecule has 2 aliphatic heterocycles. The number of fused-ring (bicyclic) bond motifs is 1. The Bertz CT molecular complexity index is 1600. The molecule has 4 heterocycles. The van der Waals surface area contributed by atoms with Crippen molar-refractivity contribution in [3.05, 3.63) is 94.2 Å². The Hall–Kier alpha value is -4.19. The first kappa shape index (κ1) is 28.9. The van der Waals surface area contributed by atoms with Gasteiger partial charge >= 0.3 is 0 Å². The van der Waals surface area contributed by atoms with Gasteiger partial charge in [0.2, 0.25) is 5.82 Å². The summed E-state index contributed by atoms with van der Waals surface area (Å²) in [5, 5.41) is 7.96. The maximum absolute atomic E-state index is 13.4. The van der Waals surface area contributed by atoms with Gasteiger partial charge in [0.1, 0.15) is 24.7 Å². The van der Waals surface area contributed by atoms with Gasteiger partial charge in [0, 0.05) is 73.5 Å². The molecule has 13 heteroatoms. The van der Waals surface area contributed by atoms with Crippen LogP contribution in [0.15, 0.2) is 67.3 Å². The summed E-state index contributed by atoms with van der Waals surface area (Å²) in [6.45, 7) is 4.69. The van der Waals surface area contributed by atoms with Crippen LogP contribution in [0.5, 0.6) is 5.75 Å². The number of aromatic nitrogens is 4. The summed E-state index contributed by atoms with van der Waals surface area (Å²) in [7, 11) is 1.69. The van der Waals surface area contributed by atoms with E-state index in [1.807, 2.05) is 42.7 Å². The number of pyridine rings is 1. The zero-order chi connectivity index (χ0) is 29.9. The van der Waals surface area contributed by atoms with Crippen molar-refractivity contribution >= 4 is 46.4 Å². The lowest BCUT2D eigenvalue weighted by molar-refractivity contribution is -0.120. The van der Waals surface area contributed by atoms with Gasteiger partial charge < -0.3 is 19.9 Å². The number of rotatable bonds is 7. The molecule has 2 aromatic heterocycles. The SMILES string of the molecule is CN1C(=O)[C@@H](NC(=O)c2ncn(Cc3c(Cl)cccc3Cl)n2)COc2ccc(CN3CCN(c4ccncc4)CC3)cc21. The fourth-order valence-electron chi connectivity index (χ4n) is 5.27. The molecular formula is C30H30Cl2N8O3. The van der Waals surface area contributed by atoms with E-state index in [-0.39, 0.29) is 24.9 Å². The molecule has 1 N–H and O–H groups in total. The van der Waals surface area contributed by atoms with E-state index in [2.05, 4.69) is 30.2 Å². The summed E-state index contributed by atoms with van der Waals surface area (Å²) in [6.07, 6.45) is 5.05. The molecule has 0 bridgehead atoms. The molecule has 1 saturated heterocycles. The number of benzene rings is 2. The number of carbonyl (C=O) groups excluding carboxylic acids is 2. The Labute approximate surface area is 259 Å². The Kier molecular flexibility index (Phi) is 8.46. The third kappa shape index (κ3) is 6.43. The first-order valence-corrected chi connectivity index (χ1v) is 14.6. The van der Waals surface area contributed by atoms with Crippen molar-refractivity contribution in [3.63, 3.8) is 0 Å². The number of hydrogen-bond donors (Lipinski definition) is 1. The van der Waals surface area contributed by atoms with Crippen molar-refractivity contribution in [2.75, 3.05) is 49.6 Å². The average Bonchev–Trinajstić information content (AvgIpc) is 3.46. The molecule has 0 radical (unpaired) electrons. The van der Waals surface area contributed by atoms with E-state index in [0.717, 1.165) is 38.3 Å². The van der Waals surface area contributed by atoms with E-state index in [1.165, 1.54) is 21.6 Å². The van der Waals surface area contributed by atoms with Gasteiger partial charge in [-0.15, -0.1) is 5.10 Å². The molecule has 0 aliphatic carbocycles. The quantitative estimate of drug-likeness (QED) is 0.334. The second kappa shape index (κ2) is 12.6. The second-order valence-electron chi connectivity index (χ2n) is 10.5. The van der Waals surface area contributed by atoms with Gasteiger partial charge in [0.05, 0.1) is 12.2 Å². The minimum absolute atomic E-state index is 0.0197. The molecule has 222 valence electrons. The van der Waals surface area contributed by atoms with Crippen molar-refractivity contribution < 1.29 is 14.3 Å². The Balaban J connectivity index is 1.07. The smallest absolute Gasteiger partial charge is 0.291 e. The van der Waals surface area contributed by atoms with E-state index in [1.54, 1.807) is 25.2 Å². The van der Waals surface area contributed by atoms with Crippen molar-refractivity contribution in [1.82, 2.24) is 30.0 Å². The number of carbonyl (C=O) groups is 2. The lowest BCUT2D eigenvalue weighted by Crippen LogP contribution is -2.49. The number of nitrogens with one attached hydrogen (secondary N) is 1. The van der Waals surface area contributed by atoms with Gasteiger partial charge in [-0.25, -0.2) is 9.67 Å². The molecule has 0 saturated carbocycles. The van der Waals surface area contributed by atoms with Crippen LogP contribution in [0.4, 0.5) is 11.4 Å². The van der Waals surface area contributed by atoms with E-state index in [0.29, 0.717) is 27.0 Å². The van der Waals surface area contributed by atoms with E-state index in [4.69, 9.17) is 27.9 Å². The minimum atomic E-state index is -0.917. The number of piperazine rings is 1. The topological polar surface area (TPSA) is 109 Å². The number of nitrogens with zero attached hydrogens (tertiary/aromatic N) is 7. The zero-order valence-corrected chi connectivity index (χ0v) is 25.0. The standard InChI is InChI=1S/C30H30Cl2N8O3/c1-37-26-15-20(16-38-11-13-39(14-12-38)21-7-9-33-10-8-21)5-6-27(26)43-18-25(30(37)42)35-29(41)28-34-19-40(36-28)17-22-23(31)3-2-4-24(22)32/h2-10,15,19,25H,11-14,16-18H2,1H3,(H,35,41)/t25-/m0/s1. The molecule has 43 heavy (non-hydrogen) atoms. The molecule has 4 aromatic rings. The molecule has 11 nitrogen and oxygen atoms in total. The summed E-state index contributed by atoms with van der Waals surface area (Å²) in [4.78, 5) is 40.9. The second-order valence-corrected chi connectivity index (χ2v) is 11.3.